The van der Waals surface area contributed by atoms with Crippen LogP contribution in [-0.2, 0) is 23.8 Å². The summed E-state index contributed by atoms with van der Waals surface area (Å²) in [6.45, 7) is 2.33. The molecular weight excluding hydrogens is 450 g/mol. The molecule has 8 nitrogen and oxygen atoms in total. The summed E-state index contributed by atoms with van der Waals surface area (Å²) in [6, 6.07) is 7.25. The molecule has 4 rings (SSSR count). The molecular formula is C24H24F2N2O6. The molecule has 2 aromatic carbocycles. The molecule has 2 heterocycles. The Morgan fingerprint density at radius 1 is 1.12 bits per heavy atom. The molecule has 2 aliphatic rings. The van der Waals surface area contributed by atoms with Gasteiger partial charge in [0.2, 0.25) is 11.7 Å². The fourth-order valence-electron chi connectivity index (χ4n) is 4.32. The van der Waals surface area contributed by atoms with Gasteiger partial charge in [-0.15, -0.1) is 0 Å². The number of nitrogens with one attached hydrogen (secondary N) is 1. The second kappa shape index (κ2) is 9.47. The highest BCUT2D eigenvalue weighted by molar-refractivity contribution is 5.98. The molecule has 0 aromatic heterocycles. The van der Waals surface area contributed by atoms with E-state index >= 15 is 0 Å². The first-order chi connectivity index (χ1) is 16.3. The number of benzene rings is 2. The molecule has 2 aliphatic heterocycles. The Morgan fingerprint density at radius 2 is 1.79 bits per heavy atom. The van der Waals surface area contributed by atoms with Gasteiger partial charge in [-0.05, 0) is 36.8 Å². The van der Waals surface area contributed by atoms with Gasteiger partial charge in [-0.25, -0.2) is 13.6 Å². The van der Waals surface area contributed by atoms with Gasteiger partial charge in [-0.3, -0.25) is 9.59 Å². The highest BCUT2D eigenvalue weighted by Gasteiger charge is 2.58. The van der Waals surface area contributed by atoms with Crippen LogP contribution < -0.4 is 5.32 Å². The first kappa shape index (κ1) is 23.8. The standard InChI is InChI=1S/C24H24F2N2O6/c1-14(22(30)28-10-9-24(33-11-12-34-24)20(28)23(31)32-2)27-21(29)16-5-3-15(4-6-16)18-8-7-17(25)13-19(18)26/h3-8,13-14,20H,9-12H2,1-2H3,(H,27,29)/t14-,20+/m0/s1. The van der Waals surface area contributed by atoms with Crippen LogP contribution in [0, 0.1) is 11.6 Å². The number of likely N-dealkylation sites (tertiary alicyclic amines) is 1. The van der Waals surface area contributed by atoms with Crippen molar-refractivity contribution < 1.29 is 37.4 Å². The summed E-state index contributed by atoms with van der Waals surface area (Å²) in [6.07, 6.45) is 0.306. The third kappa shape index (κ3) is 4.38. The van der Waals surface area contributed by atoms with Gasteiger partial charge < -0.3 is 24.4 Å². The van der Waals surface area contributed by atoms with Crippen LogP contribution in [0.5, 0.6) is 0 Å². The van der Waals surface area contributed by atoms with E-state index in [4.69, 9.17) is 14.2 Å². The van der Waals surface area contributed by atoms with Crippen molar-refractivity contribution in [2.45, 2.75) is 31.2 Å². The highest BCUT2D eigenvalue weighted by atomic mass is 19.1. The van der Waals surface area contributed by atoms with Crippen LogP contribution in [0.25, 0.3) is 11.1 Å². The van der Waals surface area contributed by atoms with Crippen LogP contribution in [0.3, 0.4) is 0 Å². The molecule has 180 valence electrons. The predicted molar refractivity (Wildman–Crippen MR) is 115 cm³/mol. The van der Waals surface area contributed by atoms with Crippen molar-refractivity contribution in [2.24, 2.45) is 0 Å². The maximum atomic E-state index is 14.0. The number of hydrogen-bond acceptors (Lipinski definition) is 6. The highest BCUT2D eigenvalue weighted by Crippen LogP contribution is 2.37. The van der Waals surface area contributed by atoms with Gasteiger partial charge in [0.1, 0.15) is 17.7 Å². The molecule has 0 unspecified atom stereocenters. The number of nitrogens with zero attached hydrogens (tertiary/aromatic N) is 1. The summed E-state index contributed by atoms with van der Waals surface area (Å²) >= 11 is 0. The zero-order chi connectivity index (χ0) is 24.5. The second-order valence-electron chi connectivity index (χ2n) is 8.11. The van der Waals surface area contributed by atoms with Gasteiger partial charge >= 0.3 is 5.97 Å². The van der Waals surface area contributed by atoms with Gasteiger partial charge in [-0.1, -0.05) is 12.1 Å². The topological polar surface area (TPSA) is 94.2 Å². The van der Waals surface area contributed by atoms with Crippen molar-refractivity contribution in [3.8, 4) is 11.1 Å². The SMILES string of the molecule is COC(=O)[C@H]1N(C(=O)[C@H](C)NC(=O)c2ccc(-c3ccc(F)cc3F)cc2)CCC12OCCO2. The number of halogens is 2. The fraction of sp³-hybridized carbons (Fsp3) is 0.375. The minimum absolute atomic E-state index is 0.199. The van der Waals surface area contributed by atoms with Crippen LogP contribution in [0.1, 0.15) is 23.7 Å². The smallest absolute Gasteiger partial charge is 0.334 e. The van der Waals surface area contributed by atoms with Crippen LogP contribution >= 0.6 is 0 Å². The summed E-state index contributed by atoms with van der Waals surface area (Å²) in [5, 5.41) is 2.62. The van der Waals surface area contributed by atoms with Gasteiger partial charge in [0.05, 0.1) is 20.3 Å². The molecule has 10 heteroatoms. The molecule has 2 fully saturated rings. The van der Waals surface area contributed by atoms with Crippen LogP contribution in [0.2, 0.25) is 0 Å². The largest absolute Gasteiger partial charge is 0.467 e. The van der Waals surface area contributed by atoms with Gasteiger partial charge in [0.25, 0.3) is 5.91 Å². The Labute approximate surface area is 194 Å². The average molecular weight is 474 g/mol. The maximum Gasteiger partial charge on any atom is 0.334 e. The van der Waals surface area contributed by atoms with Crippen molar-refractivity contribution in [3.05, 3.63) is 59.7 Å². The molecule has 2 amide bonds. The Hall–Kier alpha value is -3.37. The molecule has 1 N–H and O–H groups in total. The lowest BCUT2D eigenvalue weighted by molar-refractivity contribution is -0.194. The van der Waals surface area contributed by atoms with E-state index < -0.39 is 47.3 Å². The Balaban J connectivity index is 1.45. The molecule has 0 saturated carbocycles. The zero-order valence-electron chi connectivity index (χ0n) is 18.7. The predicted octanol–water partition coefficient (Wildman–Crippen LogP) is 2.27. The lowest BCUT2D eigenvalue weighted by Crippen LogP contribution is -2.56. The van der Waals surface area contributed by atoms with E-state index in [1.807, 2.05) is 0 Å². The third-order valence-corrected chi connectivity index (χ3v) is 6.02. The number of methoxy groups -OCH3 is 1. The van der Waals surface area contributed by atoms with Crippen LogP contribution in [-0.4, -0.2) is 67.4 Å². The summed E-state index contributed by atoms with van der Waals surface area (Å²) in [5.41, 5.74) is 0.916. The van der Waals surface area contributed by atoms with Crippen molar-refractivity contribution in [1.82, 2.24) is 10.2 Å². The normalized spacial score (nSPS) is 19.8. The van der Waals surface area contributed by atoms with E-state index in [-0.39, 0.29) is 17.7 Å². The molecule has 0 bridgehead atoms. The summed E-state index contributed by atoms with van der Waals surface area (Å²) < 4.78 is 43.3. The summed E-state index contributed by atoms with van der Waals surface area (Å²) in [4.78, 5) is 39.6. The van der Waals surface area contributed by atoms with E-state index in [0.29, 0.717) is 25.2 Å². The molecule has 0 aliphatic carbocycles. The number of ether oxygens (including phenoxy) is 3. The number of hydrogen-bond donors (Lipinski definition) is 1. The fourth-order valence-corrected chi connectivity index (χ4v) is 4.32. The monoisotopic (exact) mass is 474 g/mol. The van der Waals surface area contributed by atoms with E-state index in [1.54, 1.807) is 0 Å². The minimum Gasteiger partial charge on any atom is -0.467 e. The lowest BCUT2D eigenvalue weighted by atomic mass is 10.0. The first-order valence-corrected chi connectivity index (χ1v) is 10.8. The Morgan fingerprint density at radius 3 is 2.41 bits per heavy atom. The van der Waals surface area contributed by atoms with Crippen LogP contribution in [0.4, 0.5) is 8.78 Å². The molecule has 2 saturated heterocycles. The van der Waals surface area contributed by atoms with Crippen molar-refractivity contribution >= 4 is 17.8 Å². The molecule has 2 atom stereocenters. The Kier molecular flexibility index (Phi) is 6.63. The van der Waals surface area contributed by atoms with E-state index in [0.717, 1.165) is 12.1 Å². The molecule has 34 heavy (non-hydrogen) atoms. The number of rotatable bonds is 5. The third-order valence-electron chi connectivity index (χ3n) is 6.02. The Bertz CT molecular complexity index is 1100. The molecule has 1 spiro atoms. The van der Waals surface area contributed by atoms with Crippen molar-refractivity contribution in [3.63, 3.8) is 0 Å². The molecule has 2 aromatic rings. The van der Waals surface area contributed by atoms with E-state index in [2.05, 4.69) is 5.32 Å². The van der Waals surface area contributed by atoms with Crippen LogP contribution in [0.15, 0.2) is 42.5 Å². The maximum absolute atomic E-state index is 14.0. The van der Waals surface area contributed by atoms with Crippen molar-refractivity contribution in [1.29, 1.82) is 0 Å². The summed E-state index contributed by atoms with van der Waals surface area (Å²) in [7, 11) is 1.22. The first-order valence-electron chi connectivity index (χ1n) is 10.8. The van der Waals surface area contributed by atoms with Gasteiger partial charge in [0.15, 0.2) is 6.04 Å². The lowest BCUT2D eigenvalue weighted by Gasteiger charge is -2.32. The number of amides is 2. The number of carbonyl (C=O) groups excluding carboxylic acids is 3. The van der Waals surface area contributed by atoms with Crippen molar-refractivity contribution in [2.75, 3.05) is 26.9 Å². The minimum atomic E-state index is -1.24. The van der Waals surface area contributed by atoms with Gasteiger partial charge in [-0.2, -0.15) is 0 Å². The summed E-state index contributed by atoms with van der Waals surface area (Å²) in [5.74, 6) is -4.29. The molecule has 0 radical (unpaired) electrons. The van der Waals surface area contributed by atoms with E-state index in [9.17, 15) is 23.2 Å². The number of carbonyl (C=O) groups is 3. The number of esters is 1. The average Bonchev–Trinajstić information content (AvgIpc) is 3.45. The second-order valence-corrected chi connectivity index (χ2v) is 8.11. The van der Waals surface area contributed by atoms with Gasteiger partial charge in [0, 0.05) is 30.2 Å². The van der Waals surface area contributed by atoms with E-state index in [1.165, 1.54) is 49.3 Å². The quantitative estimate of drug-likeness (QED) is 0.669. The zero-order valence-corrected chi connectivity index (χ0v) is 18.7.